The average Bonchev–Trinajstić information content (AvgIpc) is 2.23. The number of benzene rings is 1. The summed E-state index contributed by atoms with van der Waals surface area (Å²) in [4.78, 5) is 0. The number of rotatable bonds is 1. The zero-order valence-electron chi connectivity index (χ0n) is 7.78. The van der Waals surface area contributed by atoms with Crippen LogP contribution < -0.4 is 0 Å². The first-order chi connectivity index (χ1) is 7.16. The molecule has 76 valence electrons. The van der Waals surface area contributed by atoms with Crippen LogP contribution >= 0.6 is 15.9 Å². The van der Waals surface area contributed by atoms with Crippen LogP contribution in [0.15, 0.2) is 22.7 Å². The Balaban J connectivity index is 2.45. The van der Waals surface area contributed by atoms with Crippen molar-refractivity contribution in [3.8, 4) is 11.4 Å². The van der Waals surface area contributed by atoms with Crippen molar-refractivity contribution in [2.45, 2.75) is 6.92 Å². The molecular formula is C9H6BrFN4. The average molecular weight is 269 g/mol. The normalized spacial score (nSPS) is 10.3. The van der Waals surface area contributed by atoms with Crippen molar-refractivity contribution >= 4 is 15.9 Å². The lowest BCUT2D eigenvalue weighted by Gasteiger charge is -1.99. The SMILES string of the molecule is Cc1nnc(-c2ccc(Br)c(F)c2)nn1. The van der Waals surface area contributed by atoms with Gasteiger partial charge in [0.05, 0.1) is 4.47 Å². The second-order valence-electron chi connectivity index (χ2n) is 2.90. The highest BCUT2D eigenvalue weighted by molar-refractivity contribution is 9.10. The lowest BCUT2D eigenvalue weighted by Crippen LogP contribution is -1.98. The van der Waals surface area contributed by atoms with E-state index in [0.29, 0.717) is 21.7 Å². The zero-order valence-corrected chi connectivity index (χ0v) is 9.36. The van der Waals surface area contributed by atoms with Crippen LogP contribution in [0.1, 0.15) is 5.82 Å². The largest absolute Gasteiger partial charge is 0.206 e. The minimum absolute atomic E-state index is 0.312. The van der Waals surface area contributed by atoms with E-state index in [1.807, 2.05) is 0 Å². The van der Waals surface area contributed by atoms with Gasteiger partial charge in [-0.1, -0.05) is 0 Å². The quantitative estimate of drug-likeness (QED) is 0.795. The Morgan fingerprint density at radius 1 is 1.13 bits per heavy atom. The second-order valence-corrected chi connectivity index (χ2v) is 3.75. The molecule has 15 heavy (non-hydrogen) atoms. The smallest absolute Gasteiger partial charge is 0.203 e. The third kappa shape index (κ3) is 2.15. The van der Waals surface area contributed by atoms with Crippen molar-refractivity contribution in [3.05, 3.63) is 34.3 Å². The zero-order chi connectivity index (χ0) is 10.8. The van der Waals surface area contributed by atoms with Crippen molar-refractivity contribution in [2.24, 2.45) is 0 Å². The van der Waals surface area contributed by atoms with E-state index in [0.717, 1.165) is 0 Å². The minimum Gasteiger partial charge on any atom is -0.206 e. The molecule has 0 unspecified atom stereocenters. The van der Waals surface area contributed by atoms with Crippen LogP contribution in [-0.4, -0.2) is 20.4 Å². The van der Waals surface area contributed by atoms with Gasteiger partial charge < -0.3 is 0 Å². The van der Waals surface area contributed by atoms with Crippen molar-refractivity contribution in [2.75, 3.05) is 0 Å². The van der Waals surface area contributed by atoms with Gasteiger partial charge in [-0.05, 0) is 41.1 Å². The Morgan fingerprint density at radius 3 is 2.40 bits per heavy atom. The number of hydrogen-bond acceptors (Lipinski definition) is 4. The summed E-state index contributed by atoms with van der Waals surface area (Å²) in [5.74, 6) is 0.431. The van der Waals surface area contributed by atoms with Crippen LogP contribution in [0.25, 0.3) is 11.4 Å². The topological polar surface area (TPSA) is 51.6 Å². The van der Waals surface area contributed by atoms with E-state index >= 15 is 0 Å². The monoisotopic (exact) mass is 268 g/mol. The van der Waals surface area contributed by atoms with Gasteiger partial charge in [-0.25, -0.2) is 4.39 Å². The summed E-state index contributed by atoms with van der Waals surface area (Å²) in [5, 5.41) is 15.1. The Labute approximate surface area is 93.7 Å². The number of nitrogens with zero attached hydrogens (tertiary/aromatic N) is 4. The standard InChI is InChI=1S/C9H6BrFN4/c1-5-12-14-9(15-13-5)6-2-3-7(10)8(11)4-6/h2-4H,1H3. The van der Waals surface area contributed by atoms with E-state index in [9.17, 15) is 4.39 Å². The van der Waals surface area contributed by atoms with Crippen LogP contribution in [0.3, 0.4) is 0 Å². The van der Waals surface area contributed by atoms with Crippen LogP contribution in [0.2, 0.25) is 0 Å². The van der Waals surface area contributed by atoms with Crippen molar-refractivity contribution in [3.63, 3.8) is 0 Å². The molecule has 0 aliphatic carbocycles. The summed E-state index contributed by atoms with van der Waals surface area (Å²) in [6.07, 6.45) is 0. The van der Waals surface area contributed by atoms with Gasteiger partial charge in [0.15, 0.2) is 5.82 Å². The molecule has 1 aromatic carbocycles. The van der Waals surface area contributed by atoms with Gasteiger partial charge >= 0.3 is 0 Å². The maximum atomic E-state index is 13.2. The molecule has 6 heteroatoms. The maximum absolute atomic E-state index is 13.2. The third-order valence-corrected chi connectivity index (χ3v) is 2.40. The summed E-state index contributed by atoms with van der Waals surface area (Å²) in [7, 11) is 0. The van der Waals surface area contributed by atoms with E-state index < -0.39 is 0 Å². The summed E-state index contributed by atoms with van der Waals surface area (Å²) < 4.78 is 13.6. The van der Waals surface area contributed by atoms with Crippen molar-refractivity contribution in [1.82, 2.24) is 20.4 Å². The van der Waals surface area contributed by atoms with Crippen LogP contribution in [0.4, 0.5) is 4.39 Å². The molecule has 1 aromatic heterocycles. The fourth-order valence-electron chi connectivity index (χ4n) is 1.03. The highest BCUT2D eigenvalue weighted by Crippen LogP contribution is 2.21. The molecule has 0 atom stereocenters. The first kappa shape index (κ1) is 10.1. The molecule has 0 fully saturated rings. The molecule has 2 rings (SSSR count). The van der Waals surface area contributed by atoms with E-state index in [1.54, 1.807) is 19.1 Å². The number of aromatic nitrogens is 4. The van der Waals surface area contributed by atoms with E-state index in [4.69, 9.17) is 0 Å². The Morgan fingerprint density at radius 2 is 1.80 bits per heavy atom. The van der Waals surface area contributed by atoms with E-state index in [-0.39, 0.29) is 5.82 Å². The van der Waals surface area contributed by atoms with Gasteiger partial charge in [0.25, 0.3) is 0 Å². The number of aryl methyl sites for hydroxylation is 1. The molecule has 0 N–H and O–H groups in total. The summed E-state index contributed by atoms with van der Waals surface area (Å²) in [6.45, 7) is 1.69. The summed E-state index contributed by atoms with van der Waals surface area (Å²) >= 11 is 3.07. The molecule has 0 saturated carbocycles. The van der Waals surface area contributed by atoms with Crippen LogP contribution in [-0.2, 0) is 0 Å². The molecule has 0 aliphatic heterocycles. The Hall–Kier alpha value is -1.43. The van der Waals surface area contributed by atoms with Gasteiger partial charge in [-0.3, -0.25) is 0 Å². The van der Waals surface area contributed by atoms with Gasteiger partial charge in [0, 0.05) is 5.56 Å². The molecular weight excluding hydrogens is 263 g/mol. The predicted molar refractivity (Wildman–Crippen MR) is 55.5 cm³/mol. The van der Waals surface area contributed by atoms with Crippen LogP contribution in [0, 0.1) is 12.7 Å². The molecule has 4 nitrogen and oxygen atoms in total. The fraction of sp³-hybridized carbons (Fsp3) is 0.111. The van der Waals surface area contributed by atoms with Gasteiger partial charge in [0.2, 0.25) is 5.82 Å². The van der Waals surface area contributed by atoms with E-state index in [2.05, 4.69) is 36.3 Å². The van der Waals surface area contributed by atoms with Gasteiger partial charge in [-0.2, -0.15) is 0 Å². The molecule has 0 bridgehead atoms. The second kappa shape index (κ2) is 3.98. The van der Waals surface area contributed by atoms with E-state index in [1.165, 1.54) is 6.07 Å². The molecule has 0 spiro atoms. The molecule has 0 aliphatic rings. The molecule has 2 aromatic rings. The molecule has 0 saturated heterocycles. The predicted octanol–water partition coefficient (Wildman–Crippen LogP) is 2.14. The molecule has 1 heterocycles. The third-order valence-electron chi connectivity index (χ3n) is 1.76. The van der Waals surface area contributed by atoms with Crippen molar-refractivity contribution < 1.29 is 4.39 Å². The first-order valence-electron chi connectivity index (χ1n) is 4.16. The van der Waals surface area contributed by atoms with Crippen LogP contribution in [0.5, 0.6) is 0 Å². The fourth-order valence-corrected chi connectivity index (χ4v) is 1.28. The summed E-state index contributed by atoms with van der Waals surface area (Å²) in [5.41, 5.74) is 0.552. The van der Waals surface area contributed by atoms with Gasteiger partial charge in [-0.15, -0.1) is 20.4 Å². The molecule has 0 amide bonds. The number of hydrogen-bond donors (Lipinski definition) is 0. The Kier molecular flexibility index (Phi) is 2.68. The minimum atomic E-state index is -0.364. The lowest BCUT2D eigenvalue weighted by atomic mass is 10.2. The molecule has 0 radical (unpaired) electrons. The lowest BCUT2D eigenvalue weighted by molar-refractivity contribution is 0.621. The maximum Gasteiger partial charge on any atom is 0.203 e. The Bertz CT molecular complexity index is 486. The summed E-state index contributed by atoms with van der Waals surface area (Å²) in [6, 6.07) is 4.62. The van der Waals surface area contributed by atoms with Gasteiger partial charge in [0.1, 0.15) is 5.82 Å². The highest BCUT2D eigenvalue weighted by atomic mass is 79.9. The van der Waals surface area contributed by atoms with Crippen molar-refractivity contribution in [1.29, 1.82) is 0 Å². The first-order valence-corrected chi connectivity index (χ1v) is 4.95. The highest BCUT2D eigenvalue weighted by Gasteiger charge is 2.06. The number of halogens is 2.